The minimum absolute atomic E-state index is 0.0996. The Balaban J connectivity index is 1.31. The molecule has 32 heavy (non-hydrogen) atoms. The monoisotopic (exact) mass is 475 g/mol. The summed E-state index contributed by atoms with van der Waals surface area (Å²) in [7, 11) is 0. The number of amides is 1. The van der Waals surface area contributed by atoms with E-state index in [4.69, 9.17) is 23.2 Å². The van der Waals surface area contributed by atoms with Crippen molar-refractivity contribution in [1.82, 2.24) is 14.8 Å². The predicted molar refractivity (Wildman–Crippen MR) is 128 cm³/mol. The lowest BCUT2D eigenvalue weighted by atomic mass is 9.80. The van der Waals surface area contributed by atoms with Crippen LogP contribution in [0.25, 0.3) is 0 Å². The maximum Gasteiger partial charge on any atom is 0.253 e. The topological polar surface area (TPSA) is 56.7 Å². The van der Waals surface area contributed by atoms with Crippen molar-refractivity contribution < 1.29 is 9.90 Å². The zero-order valence-electron chi connectivity index (χ0n) is 18.5. The Hall–Kier alpha value is -1.66. The number of hydrogen-bond donors (Lipinski definition) is 1. The lowest BCUT2D eigenvalue weighted by molar-refractivity contribution is 0.0242. The molecule has 0 radical (unpaired) electrons. The van der Waals surface area contributed by atoms with Gasteiger partial charge in [0.05, 0.1) is 10.0 Å². The molecule has 2 saturated heterocycles. The van der Waals surface area contributed by atoms with E-state index in [-0.39, 0.29) is 18.4 Å². The van der Waals surface area contributed by atoms with Gasteiger partial charge in [0.1, 0.15) is 0 Å². The molecule has 1 aromatic heterocycles. The standard InChI is InChI=1S/C25H31Cl2N3O2/c1-17-12-20(4-8-28-17)25(32)29-10-6-22(7-11-29)30-9-5-19(21(15-30)16-31)13-18-2-3-23(26)24(27)14-18/h2-4,8,12,14,19,21-22,31H,5-7,9-11,13,15-16H2,1H3/t19?,21-/m0/s1. The van der Waals surface area contributed by atoms with Crippen molar-refractivity contribution in [1.29, 1.82) is 0 Å². The van der Waals surface area contributed by atoms with Gasteiger partial charge >= 0.3 is 0 Å². The lowest BCUT2D eigenvalue weighted by Gasteiger charge is -2.44. The fourth-order valence-corrected chi connectivity index (χ4v) is 5.50. The number of rotatable bonds is 5. The summed E-state index contributed by atoms with van der Waals surface area (Å²) in [6.07, 6.45) is 5.62. The molecule has 172 valence electrons. The smallest absolute Gasteiger partial charge is 0.253 e. The highest BCUT2D eigenvalue weighted by molar-refractivity contribution is 6.42. The van der Waals surface area contributed by atoms with E-state index in [0.717, 1.165) is 63.1 Å². The average Bonchev–Trinajstić information content (AvgIpc) is 2.81. The van der Waals surface area contributed by atoms with Gasteiger partial charge in [-0.2, -0.15) is 0 Å². The number of carbonyl (C=O) groups excluding carboxylic acids is 1. The molecule has 1 aromatic carbocycles. The zero-order chi connectivity index (χ0) is 22.7. The van der Waals surface area contributed by atoms with Gasteiger partial charge in [-0.25, -0.2) is 0 Å². The molecular weight excluding hydrogens is 445 g/mol. The van der Waals surface area contributed by atoms with Crippen molar-refractivity contribution in [2.45, 2.75) is 38.6 Å². The second-order valence-electron chi connectivity index (χ2n) is 9.15. The van der Waals surface area contributed by atoms with Crippen LogP contribution in [-0.4, -0.2) is 64.6 Å². The largest absolute Gasteiger partial charge is 0.396 e. The molecule has 3 heterocycles. The van der Waals surface area contributed by atoms with Crippen molar-refractivity contribution >= 4 is 29.1 Å². The van der Waals surface area contributed by atoms with E-state index in [2.05, 4.69) is 9.88 Å². The third kappa shape index (κ3) is 5.45. The van der Waals surface area contributed by atoms with Gasteiger partial charge in [0.15, 0.2) is 0 Å². The highest BCUT2D eigenvalue weighted by atomic mass is 35.5. The Labute approximate surface area is 200 Å². The van der Waals surface area contributed by atoms with E-state index in [0.29, 0.717) is 22.0 Å². The first-order valence-electron chi connectivity index (χ1n) is 11.5. The van der Waals surface area contributed by atoms with Gasteiger partial charge < -0.3 is 10.0 Å². The van der Waals surface area contributed by atoms with Gasteiger partial charge in [0.25, 0.3) is 5.91 Å². The van der Waals surface area contributed by atoms with Gasteiger partial charge in [-0.15, -0.1) is 0 Å². The Morgan fingerprint density at radius 3 is 2.53 bits per heavy atom. The van der Waals surface area contributed by atoms with Crippen LogP contribution >= 0.6 is 23.2 Å². The fourth-order valence-electron chi connectivity index (χ4n) is 5.18. The van der Waals surface area contributed by atoms with Gasteiger partial charge in [-0.3, -0.25) is 14.7 Å². The highest BCUT2D eigenvalue weighted by Crippen LogP contribution is 2.32. The molecule has 2 aliphatic heterocycles. The molecule has 7 heteroatoms. The summed E-state index contributed by atoms with van der Waals surface area (Å²) in [6.45, 7) is 5.60. The van der Waals surface area contributed by atoms with E-state index in [1.807, 2.05) is 36.1 Å². The van der Waals surface area contributed by atoms with Crippen LogP contribution in [0.15, 0.2) is 36.5 Å². The zero-order valence-corrected chi connectivity index (χ0v) is 20.0. The third-order valence-electron chi connectivity index (χ3n) is 7.05. The van der Waals surface area contributed by atoms with Gasteiger partial charge in [0.2, 0.25) is 0 Å². The normalized spacial score (nSPS) is 22.8. The van der Waals surface area contributed by atoms with Crippen LogP contribution < -0.4 is 0 Å². The molecule has 2 fully saturated rings. The number of benzene rings is 1. The molecule has 2 atom stereocenters. The van der Waals surface area contributed by atoms with E-state index in [1.165, 1.54) is 5.56 Å². The molecule has 1 unspecified atom stereocenters. The molecule has 0 spiro atoms. The highest BCUT2D eigenvalue weighted by Gasteiger charge is 2.34. The van der Waals surface area contributed by atoms with Crippen molar-refractivity contribution in [2.24, 2.45) is 11.8 Å². The quantitative estimate of drug-likeness (QED) is 0.692. The summed E-state index contributed by atoms with van der Waals surface area (Å²) in [5.41, 5.74) is 2.76. The third-order valence-corrected chi connectivity index (χ3v) is 7.79. The number of aromatic nitrogens is 1. The SMILES string of the molecule is Cc1cc(C(=O)N2CCC(N3CCC(Cc4ccc(Cl)c(Cl)c4)[C@H](CO)C3)CC2)ccn1. The summed E-state index contributed by atoms with van der Waals surface area (Å²) < 4.78 is 0. The molecule has 0 aliphatic carbocycles. The Morgan fingerprint density at radius 1 is 1.06 bits per heavy atom. The summed E-state index contributed by atoms with van der Waals surface area (Å²) in [5.74, 6) is 0.783. The van der Waals surface area contributed by atoms with E-state index >= 15 is 0 Å². The molecule has 4 rings (SSSR count). The Bertz CT molecular complexity index is 947. The summed E-state index contributed by atoms with van der Waals surface area (Å²) in [5, 5.41) is 11.3. The number of aliphatic hydroxyl groups is 1. The van der Waals surface area contributed by atoms with Gasteiger partial charge in [0, 0.05) is 49.7 Å². The second kappa shape index (κ2) is 10.5. The van der Waals surface area contributed by atoms with Crippen molar-refractivity contribution in [2.75, 3.05) is 32.8 Å². The average molecular weight is 476 g/mol. The minimum atomic E-state index is 0.0996. The summed E-state index contributed by atoms with van der Waals surface area (Å²) >= 11 is 12.2. The van der Waals surface area contributed by atoms with E-state index in [1.54, 1.807) is 12.3 Å². The number of pyridine rings is 1. The molecule has 0 bridgehead atoms. The maximum atomic E-state index is 12.8. The summed E-state index contributed by atoms with van der Waals surface area (Å²) in [6, 6.07) is 9.96. The first-order chi connectivity index (χ1) is 15.4. The van der Waals surface area contributed by atoms with Crippen LogP contribution in [0.5, 0.6) is 0 Å². The Kier molecular flexibility index (Phi) is 7.72. The first-order valence-corrected chi connectivity index (χ1v) is 12.2. The lowest BCUT2D eigenvalue weighted by Crippen LogP contribution is -2.52. The van der Waals surface area contributed by atoms with Gasteiger partial charge in [-0.1, -0.05) is 29.3 Å². The van der Waals surface area contributed by atoms with Crippen LogP contribution in [0.3, 0.4) is 0 Å². The molecule has 1 amide bonds. The number of piperidine rings is 2. The van der Waals surface area contributed by atoms with Crippen molar-refractivity contribution in [3.63, 3.8) is 0 Å². The Morgan fingerprint density at radius 2 is 1.84 bits per heavy atom. The van der Waals surface area contributed by atoms with Crippen LogP contribution in [-0.2, 0) is 6.42 Å². The number of nitrogens with zero attached hydrogens (tertiary/aromatic N) is 3. The maximum absolute atomic E-state index is 12.8. The number of halogens is 2. The minimum Gasteiger partial charge on any atom is -0.396 e. The molecule has 2 aliphatic rings. The molecule has 5 nitrogen and oxygen atoms in total. The predicted octanol–water partition coefficient (Wildman–Crippen LogP) is 4.47. The van der Waals surface area contributed by atoms with Crippen molar-refractivity contribution in [3.8, 4) is 0 Å². The first kappa shape index (κ1) is 23.5. The molecule has 2 aromatic rings. The van der Waals surface area contributed by atoms with Crippen molar-refractivity contribution in [3.05, 3.63) is 63.4 Å². The fraction of sp³-hybridized carbons (Fsp3) is 0.520. The van der Waals surface area contributed by atoms with E-state index < -0.39 is 0 Å². The number of carbonyl (C=O) groups is 1. The number of hydrogen-bond acceptors (Lipinski definition) is 4. The molecular formula is C25H31Cl2N3O2. The van der Waals surface area contributed by atoms with Crippen LogP contribution in [0.2, 0.25) is 10.0 Å². The molecule has 1 N–H and O–H groups in total. The number of likely N-dealkylation sites (tertiary alicyclic amines) is 2. The summed E-state index contributed by atoms with van der Waals surface area (Å²) in [4.78, 5) is 21.5. The van der Waals surface area contributed by atoms with E-state index in [9.17, 15) is 9.90 Å². The number of aryl methyl sites for hydroxylation is 1. The van der Waals surface area contributed by atoms with Crippen LogP contribution in [0, 0.1) is 18.8 Å². The van der Waals surface area contributed by atoms with Crippen LogP contribution in [0.4, 0.5) is 0 Å². The van der Waals surface area contributed by atoms with Gasteiger partial charge in [-0.05, 0) is 80.8 Å². The van der Waals surface area contributed by atoms with Crippen LogP contribution in [0.1, 0.15) is 40.9 Å². The molecule has 0 saturated carbocycles. The second-order valence-corrected chi connectivity index (χ2v) is 9.96. The number of aliphatic hydroxyl groups excluding tert-OH is 1.